The number of carbonyl (C=O) groups is 1. The van der Waals surface area contributed by atoms with Gasteiger partial charge < -0.3 is 9.47 Å². The summed E-state index contributed by atoms with van der Waals surface area (Å²) in [6, 6.07) is 4.26. The average Bonchev–Trinajstić information content (AvgIpc) is 2.81. The summed E-state index contributed by atoms with van der Waals surface area (Å²) < 4.78 is 23.4. The first-order chi connectivity index (χ1) is 8.16. The summed E-state index contributed by atoms with van der Waals surface area (Å²) in [5, 5.41) is 0. The second-order valence-electron chi connectivity index (χ2n) is 4.23. The molecule has 0 amide bonds. The molecule has 0 spiro atoms. The molecule has 0 N–H and O–H groups in total. The summed E-state index contributed by atoms with van der Waals surface area (Å²) in [5.41, 5.74) is 0.695. The molecule has 1 aliphatic rings. The number of ether oxygens (including phenoxy) is 2. The van der Waals surface area contributed by atoms with Gasteiger partial charge >= 0.3 is 0 Å². The van der Waals surface area contributed by atoms with Crippen LogP contribution in [0.1, 0.15) is 12.0 Å². The normalized spacial score (nSPS) is 19.3. The number of ketones is 1. The standard InChI is InChI=1S/C13H15FO3/c1-9-6-11(14)2-3-13(9)17-8-12(15)10-4-5-16-7-10/h2-3,6,10H,4-5,7-8H2,1H3. The largest absolute Gasteiger partial charge is 0.486 e. The van der Waals surface area contributed by atoms with Crippen molar-refractivity contribution in [3.63, 3.8) is 0 Å². The van der Waals surface area contributed by atoms with Gasteiger partial charge in [0.15, 0.2) is 5.78 Å². The van der Waals surface area contributed by atoms with Gasteiger partial charge in [-0.3, -0.25) is 4.79 Å². The topological polar surface area (TPSA) is 35.5 Å². The van der Waals surface area contributed by atoms with E-state index in [0.29, 0.717) is 24.5 Å². The van der Waals surface area contributed by atoms with Crippen LogP contribution in [0.2, 0.25) is 0 Å². The number of halogens is 1. The van der Waals surface area contributed by atoms with Crippen molar-refractivity contribution in [3.8, 4) is 5.75 Å². The summed E-state index contributed by atoms with van der Waals surface area (Å²) in [7, 11) is 0. The van der Waals surface area contributed by atoms with Gasteiger partial charge in [0.25, 0.3) is 0 Å². The van der Waals surface area contributed by atoms with Crippen molar-refractivity contribution >= 4 is 5.78 Å². The predicted molar refractivity (Wildman–Crippen MR) is 60.6 cm³/mol. The maximum Gasteiger partial charge on any atom is 0.175 e. The van der Waals surface area contributed by atoms with Gasteiger partial charge in [-0.1, -0.05) is 0 Å². The van der Waals surface area contributed by atoms with Gasteiger partial charge in [0.2, 0.25) is 0 Å². The van der Waals surface area contributed by atoms with Crippen molar-refractivity contribution in [2.24, 2.45) is 5.92 Å². The molecule has 2 rings (SSSR count). The van der Waals surface area contributed by atoms with Gasteiger partial charge in [0.1, 0.15) is 18.2 Å². The fraction of sp³-hybridized carbons (Fsp3) is 0.462. The van der Waals surface area contributed by atoms with E-state index in [0.717, 1.165) is 6.42 Å². The summed E-state index contributed by atoms with van der Waals surface area (Å²) >= 11 is 0. The van der Waals surface area contributed by atoms with E-state index in [4.69, 9.17) is 9.47 Å². The number of aryl methyl sites for hydroxylation is 1. The molecule has 3 nitrogen and oxygen atoms in total. The van der Waals surface area contributed by atoms with Crippen LogP contribution in [0.3, 0.4) is 0 Å². The molecule has 0 bridgehead atoms. The Morgan fingerprint density at radius 1 is 1.59 bits per heavy atom. The molecule has 1 unspecified atom stereocenters. The van der Waals surface area contributed by atoms with Crippen LogP contribution in [0.5, 0.6) is 5.75 Å². The number of Topliss-reactive ketones (excluding diaryl/α,β-unsaturated/α-hetero) is 1. The van der Waals surface area contributed by atoms with E-state index in [1.807, 2.05) is 0 Å². The number of hydrogen-bond donors (Lipinski definition) is 0. The number of benzene rings is 1. The van der Waals surface area contributed by atoms with Crippen LogP contribution >= 0.6 is 0 Å². The number of rotatable bonds is 4. The quantitative estimate of drug-likeness (QED) is 0.806. The first-order valence-electron chi connectivity index (χ1n) is 5.66. The van der Waals surface area contributed by atoms with Crippen molar-refractivity contribution in [2.45, 2.75) is 13.3 Å². The third-order valence-electron chi connectivity index (χ3n) is 2.89. The lowest BCUT2D eigenvalue weighted by Crippen LogP contribution is -2.21. The Hall–Kier alpha value is -1.42. The molecule has 0 saturated carbocycles. The second kappa shape index (κ2) is 5.27. The molecule has 1 atom stereocenters. The molecule has 1 fully saturated rings. The van der Waals surface area contributed by atoms with E-state index in [2.05, 4.69) is 0 Å². The highest BCUT2D eigenvalue weighted by Gasteiger charge is 2.23. The van der Waals surface area contributed by atoms with Crippen molar-refractivity contribution in [1.82, 2.24) is 0 Å². The van der Waals surface area contributed by atoms with Crippen LogP contribution in [0.25, 0.3) is 0 Å². The molecular weight excluding hydrogens is 223 g/mol. The van der Waals surface area contributed by atoms with Crippen LogP contribution in [0.15, 0.2) is 18.2 Å². The lowest BCUT2D eigenvalue weighted by molar-refractivity contribution is -0.124. The molecule has 0 aliphatic carbocycles. The Morgan fingerprint density at radius 3 is 3.06 bits per heavy atom. The maximum absolute atomic E-state index is 12.9. The van der Waals surface area contributed by atoms with Crippen LogP contribution in [0.4, 0.5) is 4.39 Å². The SMILES string of the molecule is Cc1cc(F)ccc1OCC(=O)C1CCOC1. The first kappa shape index (κ1) is 12.0. The van der Waals surface area contributed by atoms with E-state index in [1.165, 1.54) is 12.1 Å². The molecule has 92 valence electrons. The molecule has 0 radical (unpaired) electrons. The smallest absolute Gasteiger partial charge is 0.175 e. The van der Waals surface area contributed by atoms with Gasteiger partial charge in [-0.05, 0) is 37.1 Å². The molecule has 1 aromatic rings. The van der Waals surface area contributed by atoms with Gasteiger partial charge in [-0.25, -0.2) is 4.39 Å². The second-order valence-corrected chi connectivity index (χ2v) is 4.23. The lowest BCUT2D eigenvalue weighted by atomic mass is 10.0. The van der Waals surface area contributed by atoms with E-state index in [1.54, 1.807) is 13.0 Å². The molecule has 17 heavy (non-hydrogen) atoms. The Morgan fingerprint density at radius 2 is 2.41 bits per heavy atom. The third kappa shape index (κ3) is 3.03. The minimum absolute atomic E-state index is 0.0283. The van der Waals surface area contributed by atoms with Gasteiger partial charge in [0.05, 0.1) is 6.61 Å². The van der Waals surface area contributed by atoms with Crippen LogP contribution in [0, 0.1) is 18.7 Å². The van der Waals surface area contributed by atoms with Crippen molar-refractivity contribution < 1.29 is 18.7 Å². The minimum Gasteiger partial charge on any atom is -0.486 e. The molecule has 1 aliphatic heterocycles. The van der Waals surface area contributed by atoms with Crippen LogP contribution in [-0.4, -0.2) is 25.6 Å². The van der Waals surface area contributed by atoms with Gasteiger partial charge in [-0.15, -0.1) is 0 Å². The highest BCUT2D eigenvalue weighted by molar-refractivity contribution is 5.82. The highest BCUT2D eigenvalue weighted by atomic mass is 19.1. The molecule has 1 heterocycles. The molecule has 0 aromatic heterocycles. The Kier molecular flexibility index (Phi) is 3.74. The fourth-order valence-corrected chi connectivity index (χ4v) is 1.83. The third-order valence-corrected chi connectivity index (χ3v) is 2.89. The Bertz CT molecular complexity index is 411. The van der Waals surface area contributed by atoms with Crippen LogP contribution < -0.4 is 4.74 Å². The summed E-state index contributed by atoms with van der Waals surface area (Å²) in [6.45, 7) is 2.92. The summed E-state index contributed by atoms with van der Waals surface area (Å²) in [6.07, 6.45) is 0.768. The Balaban J connectivity index is 1.90. The summed E-state index contributed by atoms with van der Waals surface area (Å²) in [4.78, 5) is 11.7. The zero-order valence-electron chi connectivity index (χ0n) is 9.74. The zero-order valence-corrected chi connectivity index (χ0v) is 9.74. The number of hydrogen-bond acceptors (Lipinski definition) is 3. The zero-order chi connectivity index (χ0) is 12.3. The Labute approximate surface area is 99.5 Å². The average molecular weight is 238 g/mol. The van der Waals surface area contributed by atoms with E-state index in [-0.39, 0.29) is 24.1 Å². The maximum atomic E-state index is 12.9. The van der Waals surface area contributed by atoms with E-state index >= 15 is 0 Å². The van der Waals surface area contributed by atoms with Gasteiger partial charge in [-0.2, -0.15) is 0 Å². The fourth-order valence-electron chi connectivity index (χ4n) is 1.83. The minimum atomic E-state index is -0.301. The molecule has 1 aromatic carbocycles. The van der Waals surface area contributed by atoms with Crippen molar-refractivity contribution in [2.75, 3.05) is 19.8 Å². The molecule has 1 saturated heterocycles. The van der Waals surface area contributed by atoms with E-state index < -0.39 is 0 Å². The van der Waals surface area contributed by atoms with Crippen LogP contribution in [-0.2, 0) is 9.53 Å². The number of carbonyl (C=O) groups excluding carboxylic acids is 1. The van der Waals surface area contributed by atoms with Gasteiger partial charge in [0, 0.05) is 12.5 Å². The first-order valence-corrected chi connectivity index (χ1v) is 5.66. The lowest BCUT2D eigenvalue weighted by Gasteiger charge is -2.10. The predicted octanol–water partition coefficient (Wildman–Crippen LogP) is 2.12. The molecule has 4 heteroatoms. The van der Waals surface area contributed by atoms with Crippen molar-refractivity contribution in [1.29, 1.82) is 0 Å². The monoisotopic (exact) mass is 238 g/mol. The molecular formula is C13H15FO3. The van der Waals surface area contributed by atoms with Crippen molar-refractivity contribution in [3.05, 3.63) is 29.6 Å². The highest BCUT2D eigenvalue weighted by Crippen LogP contribution is 2.19. The summed E-state index contributed by atoms with van der Waals surface area (Å²) in [5.74, 6) is 0.256. The van der Waals surface area contributed by atoms with E-state index in [9.17, 15) is 9.18 Å².